The van der Waals surface area contributed by atoms with E-state index in [-0.39, 0.29) is 0 Å². The van der Waals surface area contributed by atoms with E-state index < -0.39 is 0 Å². The number of rotatable bonds is 33. The van der Waals surface area contributed by atoms with Gasteiger partial charge in [-0.3, -0.25) is 0 Å². The molecule has 1 saturated heterocycles. The van der Waals surface area contributed by atoms with E-state index in [0.717, 1.165) is 25.9 Å². The molecular formula is C27H56N2O11. The molecule has 0 aromatic carbocycles. The van der Waals surface area contributed by atoms with Crippen LogP contribution >= 0.6 is 0 Å². The summed E-state index contributed by atoms with van der Waals surface area (Å²) < 4.78 is 60.1. The van der Waals surface area contributed by atoms with E-state index >= 15 is 0 Å². The first-order chi connectivity index (χ1) is 19.9. The molecule has 13 heteroatoms. The minimum absolute atomic E-state index is 0.374. The molecule has 40 heavy (non-hydrogen) atoms. The lowest BCUT2D eigenvalue weighted by atomic mass is 10.1. The molecule has 0 atom stereocenters. The summed E-state index contributed by atoms with van der Waals surface area (Å²) in [6.45, 7) is 14.0. The van der Waals surface area contributed by atoms with Crippen LogP contribution in [0.3, 0.4) is 0 Å². The molecule has 0 bridgehead atoms. The van der Waals surface area contributed by atoms with Crippen LogP contribution in [-0.4, -0.2) is 164 Å². The van der Waals surface area contributed by atoms with E-state index in [9.17, 15) is 0 Å². The average Bonchev–Trinajstić information content (AvgIpc) is 2.98. The van der Waals surface area contributed by atoms with Gasteiger partial charge >= 0.3 is 0 Å². The standard InChI is InChI=1S/C27H56N2O11/c28-3-6-30-7-8-31-9-10-32-11-12-33-13-14-34-15-16-35-17-18-36-19-20-37-21-22-38-23-24-39-25-26-40-27-1-4-29-5-2-27/h27,29H,1-26,28H2. The lowest BCUT2D eigenvalue weighted by molar-refractivity contribution is -0.0324. The first kappa shape index (κ1) is 37.5. The molecule has 1 fully saturated rings. The largest absolute Gasteiger partial charge is 0.378 e. The van der Waals surface area contributed by atoms with Crippen LogP contribution in [0.5, 0.6) is 0 Å². The Hall–Kier alpha value is -0.520. The second-order valence-corrected chi connectivity index (χ2v) is 8.73. The van der Waals surface area contributed by atoms with Gasteiger partial charge in [0.05, 0.1) is 145 Å². The van der Waals surface area contributed by atoms with Crippen molar-refractivity contribution < 1.29 is 52.1 Å². The molecular weight excluding hydrogens is 528 g/mol. The summed E-state index contributed by atoms with van der Waals surface area (Å²) in [5, 5.41) is 3.33. The molecule has 1 rings (SSSR count). The molecule has 0 spiro atoms. The van der Waals surface area contributed by atoms with Gasteiger partial charge in [-0.1, -0.05) is 0 Å². The first-order valence-electron chi connectivity index (χ1n) is 14.7. The minimum Gasteiger partial charge on any atom is -0.378 e. The Kier molecular flexibility index (Phi) is 30.9. The Balaban J connectivity index is 1.60. The summed E-state index contributed by atoms with van der Waals surface area (Å²) in [5.74, 6) is 0. The minimum atomic E-state index is 0.374. The van der Waals surface area contributed by atoms with Crippen LogP contribution < -0.4 is 11.1 Å². The maximum atomic E-state index is 5.78. The number of hydrogen-bond acceptors (Lipinski definition) is 13. The maximum absolute atomic E-state index is 5.78. The zero-order valence-electron chi connectivity index (χ0n) is 24.5. The van der Waals surface area contributed by atoms with Gasteiger partial charge in [0.2, 0.25) is 0 Å². The highest BCUT2D eigenvalue weighted by Gasteiger charge is 2.12. The number of hydrogen-bond donors (Lipinski definition) is 2. The van der Waals surface area contributed by atoms with Crippen molar-refractivity contribution >= 4 is 0 Å². The Morgan fingerprint density at radius 3 is 0.900 bits per heavy atom. The molecule has 13 nitrogen and oxygen atoms in total. The molecule has 1 heterocycles. The quantitative estimate of drug-likeness (QED) is 0.0992. The third-order valence-electron chi connectivity index (χ3n) is 5.48. The second-order valence-electron chi connectivity index (χ2n) is 8.73. The summed E-state index contributed by atoms with van der Waals surface area (Å²) in [4.78, 5) is 0. The molecule has 1 aliphatic rings. The van der Waals surface area contributed by atoms with E-state index in [4.69, 9.17) is 57.8 Å². The number of piperidine rings is 1. The number of ether oxygens (including phenoxy) is 11. The van der Waals surface area contributed by atoms with Gasteiger partial charge in [0.1, 0.15) is 0 Å². The van der Waals surface area contributed by atoms with Crippen LogP contribution in [0.15, 0.2) is 0 Å². The van der Waals surface area contributed by atoms with Crippen molar-refractivity contribution in [1.29, 1.82) is 0 Å². The van der Waals surface area contributed by atoms with Crippen molar-refractivity contribution in [2.24, 2.45) is 5.73 Å². The molecule has 0 amide bonds. The van der Waals surface area contributed by atoms with E-state index in [1.54, 1.807) is 0 Å². The van der Waals surface area contributed by atoms with Crippen LogP contribution in [0.1, 0.15) is 12.8 Å². The van der Waals surface area contributed by atoms with E-state index in [1.807, 2.05) is 0 Å². The lowest BCUT2D eigenvalue weighted by Crippen LogP contribution is -2.33. The topological polar surface area (TPSA) is 140 Å². The van der Waals surface area contributed by atoms with Gasteiger partial charge in [-0.15, -0.1) is 0 Å². The predicted molar refractivity (Wildman–Crippen MR) is 149 cm³/mol. The zero-order valence-corrected chi connectivity index (χ0v) is 24.5. The monoisotopic (exact) mass is 584 g/mol. The molecule has 0 aromatic heterocycles. The van der Waals surface area contributed by atoms with Gasteiger partial charge in [0, 0.05) is 6.54 Å². The molecule has 0 saturated carbocycles. The van der Waals surface area contributed by atoms with Crippen LogP contribution in [-0.2, 0) is 52.1 Å². The van der Waals surface area contributed by atoms with Crippen LogP contribution in [0.4, 0.5) is 0 Å². The van der Waals surface area contributed by atoms with E-state index in [2.05, 4.69) is 5.32 Å². The summed E-state index contributed by atoms with van der Waals surface area (Å²) in [6.07, 6.45) is 2.54. The van der Waals surface area contributed by atoms with Gasteiger partial charge in [-0.2, -0.15) is 0 Å². The molecule has 1 aliphatic heterocycles. The molecule has 3 N–H and O–H groups in total. The fourth-order valence-electron chi connectivity index (χ4n) is 3.40. The lowest BCUT2D eigenvalue weighted by Gasteiger charge is -2.22. The summed E-state index contributed by atoms with van der Waals surface area (Å²) in [7, 11) is 0. The Labute approximate surface area is 240 Å². The number of nitrogens with two attached hydrogens (primary N) is 1. The van der Waals surface area contributed by atoms with Gasteiger partial charge in [-0.25, -0.2) is 0 Å². The fraction of sp³-hybridized carbons (Fsp3) is 1.00. The Morgan fingerprint density at radius 2 is 0.625 bits per heavy atom. The van der Waals surface area contributed by atoms with Gasteiger partial charge in [0.15, 0.2) is 0 Å². The summed E-state index contributed by atoms with van der Waals surface area (Å²) >= 11 is 0. The normalized spacial score (nSPS) is 14.3. The van der Waals surface area contributed by atoms with Crippen molar-refractivity contribution in [3.63, 3.8) is 0 Å². The fourth-order valence-corrected chi connectivity index (χ4v) is 3.40. The molecule has 0 aliphatic carbocycles. The summed E-state index contributed by atoms with van der Waals surface area (Å²) in [5.41, 5.74) is 5.33. The predicted octanol–water partition coefficient (Wildman–Crippen LogP) is -0.120. The van der Waals surface area contributed by atoms with Gasteiger partial charge in [-0.05, 0) is 25.9 Å². The second kappa shape index (κ2) is 33.0. The smallest absolute Gasteiger partial charge is 0.0704 e. The van der Waals surface area contributed by atoms with Crippen LogP contribution in [0, 0.1) is 0 Å². The van der Waals surface area contributed by atoms with E-state index in [1.165, 1.54) is 0 Å². The van der Waals surface area contributed by atoms with Crippen molar-refractivity contribution in [3.05, 3.63) is 0 Å². The summed E-state index contributed by atoms with van der Waals surface area (Å²) in [6, 6.07) is 0. The van der Waals surface area contributed by atoms with Crippen LogP contribution in [0.2, 0.25) is 0 Å². The Morgan fingerprint density at radius 1 is 0.375 bits per heavy atom. The van der Waals surface area contributed by atoms with Crippen LogP contribution in [0.25, 0.3) is 0 Å². The highest BCUT2D eigenvalue weighted by Crippen LogP contribution is 2.06. The van der Waals surface area contributed by atoms with Gasteiger partial charge < -0.3 is 63.2 Å². The average molecular weight is 585 g/mol. The van der Waals surface area contributed by atoms with Crippen molar-refractivity contribution in [3.8, 4) is 0 Å². The maximum Gasteiger partial charge on any atom is 0.0704 e. The van der Waals surface area contributed by atoms with Crippen molar-refractivity contribution in [2.75, 3.05) is 158 Å². The Bertz CT molecular complexity index is 478. The molecule has 0 radical (unpaired) electrons. The van der Waals surface area contributed by atoms with Crippen molar-refractivity contribution in [2.45, 2.75) is 18.9 Å². The molecule has 0 unspecified atom stereocenters. The highest BCUT2D eigenvalue weighted by atomic mass is 16.6. The third-order valence-corrected chi connectivity index (χ3v) is 5.48. The SMILES string of the molecule is NCCOCCOCCOCCOCCOCCOCCOCCOCCOCCOCCOC1CCNCC1. The molecule has 0 aromatic rings. The third kappa shape index (κ3) is 29.0. The number of nitrogens with one attached hydrogen (secondary N) is 1. The first-order valence-corrected chi connectivity index (χ1v) is 14.7. The molecule has 240 valence electrons. The van der Waals surface area contributed by atoms with Crippen molar-refractivity contribution in [1.82, 2.24) is 5.32 Å². The highest BCUT2D eigenvalue weighted by molar-refractivity contribution is 4.67. The van der Waals surface area contributed by atoms with Gasteiger partial charge in [0.25, 0.3) is 0 Å². The van der Waals surface area contributed by atoms with E-state index in [0.29, 0.717) is 151 Å². The zero-order chi connectivity index (χ0) is 28.4.